The lowest BCUT2D eigenvalue weighted by Crippen LogP contribution is -2.30. The number of benzene rings is 2. The lowest BCUT2D eigenvalue weighted by atomic mass is 10.1. The van der Waals surface area contributed by atoms with Gasteiger partial charge >= 0.3 is 0 Å². The Morgan fingerprint density at radius 2 is 1.48 bits per heavy atom. The van der Waals surface area contributed by atoms with Crippen molar-refractivity contribution in [2.24, 2.45) is 0 Å². The Hall–Kier alpha value is -3.21. The molecular formula is C22H22N4O. The molecule has 0 saturated carbocycles. The van der Waals surface area contributed by atoms with Crippen LogP contribution in [0.5, 0.6) is 0 Å². The summed E-state index contributed by atoms with van der Waals surface area (Å²) in [5.74, 6) is 0.682. The van der Waals surface area contributed by atoms with E-state index in [0.29, 0.717) is 5.56 Å². The van der Waals surface area contributed by atoms with Crippen molar-refractivity contribution in [3.05, 3.63) is 72.6 Å². The first-order valence-electron chi connectivity index (χ1n) is 9.33. The molecule has 1 saturated heterocycles. The summed E-state index contributed by atoms with van der Waals surface area (Å²) in [6, 6.07) is 17.0. The molecule has 0 aliphatic carbocycles. The second-order valence-corrected chi connectivity index (χ2v) is 6.72. The third kappa shape index (κ3) is 4.14. The van der Waals surface area contributed by atoms with E-state index in [4.69, 9.17) is 0 Å². The monoisotopic (exact) mass is 358 g/mol. The number of piperidine rings is 1. The molecule has 5 heteroatoms. The van der Waals surface area contributed by atoms with Gasteiger partial charge in [0.15, 0.2) is 0 Å². The fraction of sp³-hybridized carbons (Fsp3) is 0.227. The van der Waals surface area contributed by atoms with E-state index in [1.54, 1.807) is 0 Å². The molecule has 1 aliphatic rings. The van der Waals surface area contributed by atoms with Crippen molar-refractivity contribution in [1.82, 2.24) is 9.97 Å². The largest absolute Gasteiger partial charge is 0.341 e. The maximum Gasteiger partial charge on any atom is 0.255 e. The Labute approximate surface area is 159 Å². The Morgan fingerprint density at radius 3 is 2.15 bits per heavy atom. The van der Waals surface area contributed by atoms with Gasteiger partial charge in [-0.05, 0) is 49.1 Å². The molecule has 27 heavy (non-hydrogen) atoms. The summed E-state index contributed by atoms with van der Waals surface area (Å²) in [6.07, 6.45) is 7.42. The average molecular weight is 358 g/mol. The van der Waals surface area contributed by atoms with E-state index >= 15 is 0 Å². The lowest BCUT2D eigenvalue weighted by Gasteiger charge is -2.26. The second-order valence-electron chi connectivity index (χ2n) is 6.72. The van der Waals surface area contributed by atoms with Gasteiger partial charge in [-0.25, -0.2) is 9.97 Å². The van der Waals surface area contributed by atoms with Crippen molar-refractivity contribution in [3.8, 4) is 11.1 Å². The zero-order chi connectivity index (χ0) is 18.5. The van der Waals surface area contributed by atoms with Crippen LogP contribution in [0.3, 0.4) is 0 Å². The quantitative estimate of drug-likeness (QED) is 0.752. The maximum absolute atomic E-state index is 12.3. The maximum atomic E-state index is 12.3. The Kier molecular flexibility index (Phi) is 5.10. The Balaban J connectivity index is 1.44. The van der Waals surface area contributed by atoms with E-state index in [0.717, 1.165) is 35.9 Å². The zero-order valence-corrected chi connectivity index (χ0v) is 15.1. The van der Waals surface area contributed by atoms with Gasteiger partial charge in [0.05, 0.1) is 0 Å². The highest BCUT2D eigenvalue weighted by molar-refractivity contribution is 6.04. The number of aromatic nitrogens is 2. The number of nitrogens with one attached hydrogen (secondary N) is 1. The highest BCUT2D eigenvalue weighted by Gasteiger charge is 2.13. The molecule has 5 nitrogen and oxygen atoms in total. The molecule has 1 N–H and O–H groups in total. The van der Waals surface area contributed by atoms with Crippen LogP contribution in [0.15, 0.2) is 67.0 Å². The molecule has 2 aromatic carbocycles. The molecule has 1 aliphatic heterocycles. The molecular weight excluding hydrogens is 336 g/mol. The van der Waals surface area contributed by atoms with E-state index in [1.165, 1.54) is 19.3 Å². The fourth-order valence-electron chi connectivity index (χ4n) is 3.27. The van der Waals surface area contributed by atoms with Gasteiger partial charge < -0.3 is 10.2 Å². The summed E-state index contributed by atoms with van der Waals surface area (Å²) in [4.78, 5) is 23.6. The summed E-state index contributed by atoms with van der Waals surface area (Å²) < 4.78 is 0. The molecule has 1 amide bonds. The number of carbonyl (C=O) groups excluding carboxylic acids is 1. The molecule has 3 aromatic rings. The van der Waals surface area contributed by atoms with Gasteiger partial charge in [-0.1, -0.05) is 30.3 Å². The first kappa shape index (κ1) is 17.2. The van der Waals surface area contributed by atoms with Crippen molar-refractivity contribution < 1.29 is 4.79 Å². The molecule has 136 valence electrons. The number of carbonyl (C=O) groups is 1. The summed E-state index contributed by atoms with van der Waals surface area (Å²) in [6.45, 7) is 2.06. The Bertz CT molecular complexity index is 886. The second kappa shape index (κ2) is 7.99. The SMILES string of the molecule is O=C(Nc1ccccc1)c1ccc(-c2cnc(N3CCCCC3)nc2)cc1. The third-order valence-electron chi connectivity index (χ3n) is 4.79. The third-order valence-corrected chi connectivity index (χ3v) is 4.79. The zero-order valence-electron chi connectivity index (χ0n) is 15.1. The summed E-state index contributed by atoms with van der Waals surface area (Å²) in [7, 11) is 0. The minimum atomic E-state index is -0.121. The molecule has 4 rings (SSSR count). The van der Waals surface area contributed by atoms with Gasteiger partial charge in [-0.3, -0.25) is 4.79 Å². The first-order valence-corrected chi connectivity index (χ1v) is 9.33. The molecule has 0 radical (unpaired) electrons. The topological polar surface area (TPSA) is 58.1 Å². The van der Waals surface area contributed by atoms with Crippen LogP contribution in [-0.2, 0) is 0 Å². The predicted octanol–water partition coefficient (Wildman–Crippen LogP) is 4.39. The molecule has 0 bridgehead atoms. The van der Waals surface area contributed by atoms with Crippen LogP contribution in [0.4, 0.5) is 11.6 Å². The van der Waals surface area contributed by atoms with E-state index in [9.17, 15) is 4.79 Å². The van der Waals surface area contributed by atoms with Gasteiger partial charge in [0, 0.05) is 42.3 Å². The van der Waals surface area contributed by atoms with Crippen molar-refractivity contribution in [1.29, 1.82) is 0 Å². The van der Waals surface area contributed by atoms with Crippen LogP contribution in [0, 0.1) is 0 Å². The van der Waals surface area contributed by atoms with Crippen LogP contribution >= 0.6 is 0 Å². The summed E-state index contributed by atoms with van der Waals surface area (Å²) in [5.41, 5.74) is 3.35. The average Bonchev–Trinajstić information content (AvgIpc) is 2.75. The standard InChI is InChI=1S/C22H22N4O/c27-21(25-20-7-3-1-4-8-20)18-11-9-17(10-12-18)19-15-23-22(24-16-19)26-13-5-2-6-14-26/h1,3-4,7-12,15-16H,2,5-6,13-14H2,(H,25,27). The number of anilines is 2. The highest BCUT2D eigenvalue weighted by atomic mass is 16.1. The molecule has 0 spiro atoms. The van der Waals surface area contributed by atoms with Crippen LogP contribution in [0.1, 0.15) is 29.6 Å². The minimum absolute atomic E-state index is 0.121. The van der Waals surface area contributed by atoms with Gasteiger partial charge in [-0.15, -0.1) is 0 Å². The minimum Gasteiger partial charge on any atom is -0.341 e. The highest BCUT2D eigenvalue weighted by Crippen LogP contribution is 2.21. The lowest BCUT2D eigenvalue weighted by molar-refractivity contribution is 0.102. The van der Waals surface area contributed by atoms with Crippen molar-refractivity contribution >= 4 is 17.5 Å². The van der Waals surface area contributed by atoms with Crippen LogP contribution < -0.4 is 10.2 Å². The van der Waals surface area contributed by atoms with Gasteiger partial charge in [0.25, 0.3) is 5.91 Å². The first-order chi connectivity index (χ1) is 13.3. The number of hydrogen-bond acceptors (Lipinski definition) is 4. The van der Waals surface area contributed by atoms with Gasteiger partial charge in [0.1, 0.15) is 0 Å². The number of rotatable bonds is 4. The number of amides is 1. The van der Waals surface area contributed by atoms with Crippen LogP contribution in [-0.4, -0.2) is 29.0 Å². The molecule has 2 heterocycles. The summed E-state index contributed by atoms with van der Waals surface area (Å²) in [5, 5.41) is 2.89. The van der Waals surface area contributed by atoms with Gasteiger partial charge in [-0.2, -0.15) is 0 Å². The van der Waals surface area contributed by atoms with Crippen LogP contribution in [0.2, 0.25) is 0 Å². The molecule has 0 atom stereocenters. The van der Waals surface area contributed by atoms with E-state index in [-0.39, 0.29) is 5.91 Å². The summed E-state index contributed by atoms with van der Waals surface area (Å²) >= 11 is 0. The van der Waals surface area contributed by atoms with E-state index in [2.05, 4.69) is 20.2 Å². The molecule has 0 unspecified atom stereocenters. The number of hydrogen-bond donors (Lipinski definition) is 1. The van der Waals surface area contributed by atoms with E-state index in [1.807, 2.05) is 67.0 Å². The predicted molar refractivity (Wildman–Crippen MR) is 108 cm³/mol. The van der Waals surface area contributed by atoms with Crippen molar-refractivity contribution in [2.75, 3.05) is 23.3 Å². The van der Waals surface area contributed by atoms with Gasteiger partial charge in [0.2, 0.25) is 5.95 Å². The molecule has 1 fully saturated rings. The van der Waals surface area contributed by atoms with Crippen LogP contribution in [0.25, 0.3) is 11.1 Å². The van der Waals surface area contributed by atoms with Crippen molar-refractivity contribution in [3.63, 3.8) is 0 Å². The number of nitrogens with zero attached hydrogens (tertiary/aromatic N) is 3. The van der Waals surface area contributed by atoms with Crippen molar-refractivity contribution in [2.45, 2.75) is 19.3 Å². The molecule has 1 aromatic heterocycles. The number of para-hydroxylation sites is 1. The smallest absolute Gasteiger partial charge is 0.255 e. The van der Waals surface area contributed by atoms with E-state index < -0.39 is 0 Å². The normalized spacial score (nSPS) is 14.0. The Morgan fingerprint density at radius 1 is 0.815 bits per heavy atom. The fourth-order valence-corrected chi connectivity index (χ4v) is 3.27.